The largest absolute Gasteiger partial charge is 0.341 e. The van der Waals surface area contributed by atoms with Crippen molar-refractivity contribution in [1.29, 1.82) is 0 Å². The van der Waals surface area contributed by atoms with Gasteiger partial charge in [0.1, 0.15) is 0 Å². The van der Waals surface area contributed by atoms with Gasteiger partial charge in [-0.25, -0.2) is 0 Å². The Labute approximate surface area is 157 Å². The number of amides is 1. The average Bonchev–Trinajstić information content (AvgIpc) is 3.11. The van der Waals surface area contributed by atoms with E-state index in [1.54, 1.807) is 17.0 Å². The van der Waals surface area contributed by atoms with Gasteiger partial charge in [0.15, 0.2) is 0 Å². The monoisotopic (exact) mass is 369 g/mol. The zero-order valence-corrected chi connectivity index (χ0v) is 15.5. The molecule has 0 fully saturated rings. The molecule has 0 aliphatic carbocycles. The summed E-state index contributed by atoms with van der Waals surface area (Å²) in [4.78, 5) is 18.4. The summed E-state index contributed by atoms with van der Waals surface area (Å²) in [6, 6.07) is 15.3. The normalized spacial score (nSPS) is 10.7. The van der Waals surface area contributed by atoms with E-state index in [1.165, 1.54) is 5.56 Å². The van der Waals surface area contributed by atoms with Crippen LogP contribution in [0.1, 0.15) is 23.4 Å². The van der Waals surface area contributed by atoms with Gasteiger partial charge in [-0.2, -0.15) is 4.98 Å². The molecule has 3 aromatic rings. The molecule has 0 spiro atoms. The molecule has 0 aliphatic rings. The molecule has 0 unspecified atom stereocenters. The van der Waals surface area contributed by atoms with Crippen molar-refractivity contribution in [2.75, 3.05) is 7.05 Å². The molecule has 3 rings (SSSR count). The van der Waals surface area contributed by atoms with E-state index in [4.69, 9.17) is 16.1 Å². The van der Waals surface area contributed by atoms with Gasteiger partial charge in [0.2, 0.25) is 17.6 Å². The maximum atomic E-state index is 12.4. The number of aryl methyl sites for hydroxylation is 2. The van der Waals surface area contributed by atoms with Crippen molar-refractivity contribution in [2.45, 2.75) is 26.3 Å². The molecule has 6 heteroatoms. The Morgan fingerprint density at radius 2 is 1.88 bits per heavy atom. The predicted molar refractivity (Wildman–Crippen MR) is 101 cm³/mol. The average molecular weight is 370 g/mol. The second-order valence-corrected chi connectivity index (χ2v) is 6.63. The first-order valence-corrected chi connectivity index (χ1v) is 8.78. The third-order valence-corrected chi connectivity index (χ3v) is 4.47. The molecule has 1 amide bonds. The summed E-state index contributed by atoms with van der Waals surface area (Å²) in [7, 11) is 1.81. The molecule has 0 atom stereocenters. The highest BCUT2D eigenvalue weighted by Crippen LogP contribution is 2.19. The SMILES string of the molecule is Cc1ccccc1CN(C)C(=O)CCc1nc(-c2ccc(Cl)cc2)no1. The fourth-order valence-electron chi connectivity index (χ4n) is 2.61. The molecule has 0 N–H and O–H groups in total. The van der Waals surface area contributed by atoms with Crippen molar-refractivity contribution < 1.29 is 9.32 Å². The highest BCUT2D eigenvalue weighted by molar-refractivity contribution is 6.30. The predicted octanol–water partition coefficient (Wildman–Crippen LogP) is 4.29. The Hall–Kier alpha value is -2.66. The van der Waals surface area contributed by atoms with Crippen LogP contribution in [0, 0.1) is 6.92 Å². The zero-order chi connectivity index (χ0) is 18.5. The number of rotatable bonds is 6. The van der Waals surface area contributed by atoms with Crippen LogP contribution in [0.3, 0.4) is 0 Å². The van der Waals surface area contributed by atoms with Crippen LogP contribution < -0.4 is 0 Å². The smallest absolute Gasteiger partial charge is 0.227 e. The summed E-state index contributed by atoms with van der Waals surface area (Å²) >= 11 is 5.88. The number of hydrogen-bond donors (Lipinski definition) is 0. The first-order chi connectivity index (χ1) is 12.5. The molecule has 0 saturated heterocycles. The minimum atomic E-state index is 0.0412. The number of benzene rings is 2. The number of carbonyl (C=O) groups is 1. The molecule has 1 aromatic heterocycles. The van der Waals surface area contributed by atoms with Crippen molar-refractivity contribution >= 4 is 17.5 Å². The van der Waals surface area contributed by atoms with Crippen LogP contribution in [0.15, 0.2) is 53.1 Å². The Morgan fingerprint density at radius 1 is 1.15 bits per heavy atom. The van der Waals surface area contributed by atoms with Gasteiger partial charge in [-0.1, -0.05) is 41.0 Å². The molecular formula is C20H20ClN3O2. The number of carbonyl (C=O) groups excluding carboxylic acids is 1. The van der Waals surface area contributed by atoms with Crippen molar-refractivity contribution in [3.05, 3.63) is 70.6 Å². The standard InChI is InChI=1S/C20H20ClN3O2/c1-14-5-3-4-6-16(14)13-24(2)19(25)12-11-18-22-20(23-26-18)15-7-9-17(21)10-8-15/h3-10H,11-13H2,1-2H3. The van der Waals surface area contributed by atoms with E-state index >= 15 is 0 Å². The first kappa shape index (κ1) is 18.1. The van der Waals surface area contributed by atoms with E-state index in [-0.39, 0.29) is 5.91 Å². The third kappa shape index (κ3) is 4.49. The summed E-state index contributed by atoms with van der Waals surface area (Å²) in [5.41, 5.74) is 3.15. The highest BCUT2D eigenvalue weighted by Gasteiger charge is 2.14. The molecular weight excluding hydrogens is 350 g/mol. The van der Waals surface area contributed by atoms with Gasteiger partial charge in [-0.05, 0) is 42.3 Å². The fraction of sp³-hybridized carbons (Fsp3) is 0.250. The van der Waals surface area contributed by atoms with E-state index < -0.39 is 0 Å². The lowest BCUT2D eigenvalue weighted by Crippen LogP contribution is -2.26. The van der Waals surface area contributed by atoms with E-state index in [0.717, 1.165) is 11.1 Å². The first-order valence-electron chi connectivity index (χ1n) is 8.40. The summed E-state index contributed by atoms with van der Waals surface area (Å²) in [6.45, 7) is 2.63. The van der Waals surface area contributed by atoms with Crippen LogP contribution in [0.2, 0.25) is 5.02 Å². The van der Waals surface area contributed by atoms with Crippen LogP contribution in [0.5, 0.6) is 0 Å². The van der Waals surface area contributed by atoms with Crippen LogP contribution in [-0.4, -0.2) is 28.0 Å². The molecule has 0 aliphatic heterocycles. The Balaban J connectivity index is 1.56. The lowest BCUT2D eigenvalue weighted by molar-refractivity contribution is -0.130. The maximum Gasteiger partial charge on any atom is 0.227 e. The Morgan fingerprint density at radius 3 is 2.62 bits per heavy atom. The molecule has 0 bridgehead atoms. The van der Waals surface area contributed by atoms with Crippen molar-refractivity contribution in [3.8, 4) is 11.4 Å². The van der Waals surface area contributed by atoms with Crippen LogP contribution in [0.4, 0.5) is 0 Å². The Bertz CT molecular complexity index is 890. The van der Waals surface area contributed by atoms with Gasteiger partial charge < -0.3 is 9.42 Å². The van der Waals surface area contributed by atoms with Crippen molar-refractivity contribution in [3.63, 3.8) is 0 Å². The van der Waals surface area contributed by atoms with E-state index in [2.05, 4.69) is 10.1 Å². The number of hydrogen-bond acceptors (Lipinski definition) is 4. The highest BCUT2D eigenvalue weighted by atomic mass is 35.5. The van der Waals surface area contributed by atoms with Gasteiger partial charge in [0.25, 0.3) is 0 Å². The van der Waals surface area contributed by atoms with Crippen LogP contribution >= 0.6 is 11.6 Å². The minimum absolute atomic E-state index is 0.0412. The van der Waals surface area contributed by atoms with Crippen molar-refractivity contribution in [2.24, 2.45) is 0 Å². The lowest BCUT2D eigenvalue weighted by atomic mass is 10.1. The van der Waals surface area contributed by atoms with Crippen LogP contribution in [0.25, 0.3) is 11.4 Å². The summed E-state index contributed by atoms with van der Waals surface area (Å²) in [5, 5.41) is 4.62. The van der Waals surface area contributed by atoms with Gasteiger partial charge in [0.05, 0.1) is 0 Å². The molecule has 2 aromatic carbocycles. The van der Waals surface area contributed by atoms with E-state index in [1.807, 2.05) is 50.4 Å². The number of halogens is 1. The summed E-state index contributed by atoms with van der Waals surface area (Å²) in [5.74, 6) is 0.990. The molecule has 26 heavy (non-hydrogen) atoms. The number of aromatic nitrogens is 2. The zero-order valence-electron chi connectivity index (χ0n) is 14.8. The fourth-order valence-corrected chi connectivity index (χ4v) is 2.73. The molecule has 0 radical (unpaired) electrons. The maximum absolute atomic E-state index is 12.4. The summed E-state index contributed by atoms with van der Waals surface area (Å²) in [6.07, 6.45) is 0.738. The van der Waals surface area contributed by atoms with Gasteiger partial charge in [0, 0.05) is 37.0 Å². The van der Waals surface area contributed by atoms with Crippen LogP contribution in [-0.2, 0) is 17.8 Å². The molecule has 0 saturated carbocycles. The second-order valence-electron chi connectivity index (χ2n) is 6.19. The third-order valence-electron chi connectivity index (χ3n) is 4.22. The molecule has 1 heterocycles. The minimum Gasteiger partial charge on any atom is -0.341 e. The van der Waals surface area contributed by atoms with Gasteiger partial charge in [-0.15, -0.1) is 0 Å². The summed E-state index contributed by atoms with van der Waals surface area (Å²) < 4.78 is 5.25. The van der Waals surface area contributed by atoms with Crippen molar-refractivity contribution in [1.82, 2.24) is 15.0 Å². The van der Waals surface area contributed by atoms with E-state index in [9.17, 15) is 4.79 Å². The van der Waals surface area contributed by atoms with E-state index in [0.29, 0.717) is 36.1 Å². The Kier molecular flexibility index (Phi) is 5.68. The molecule has 5 nitrogen and oxygen atoms in total. The van der Waals surface area contributed by atoms with Gasteiger partial charge >= 0.3 is 0 Å². The lowest BCUT2D eigenvalue weighted by Gasteiger charge is -2.18. The topological polar surface area (TPSA) is 59.2 Å². The molecule has 134 valence electrons. The quantitative estimate of drug-likeness (QED) is 0.650. The number of nitrogens with zero attached hydrogens (tertiary/aromatic N) is 3. The van der Waals surface area contributed by atoms with Gasteiger partial charge in [-0.3, -0.25) is 4.79 Å². The second kappa shape index (κ2) is 8.15.